The standard InChI is InChI=1S/C13H18FNS/c1-12(2)9-16-13(3,15-12)8-10-5-4-6-11(14)7-10/h4-7,15H,8-9H2,1-3H3. The normalized spacial score (nSPS) is 28.2. The maximum Gasteiger partial charge on any atom is 0.123 e. The third-order valence-electron chi connectivity index (χ3n) is 2.78. The topological polar surface area (TPSA) is 12.0 Å². The van der Waals surface area contributed by atoms with Crippen molar-refractivity contribution in [1.29, 1.82) is 0 Å². The summed E-state index contributed by atoms with van der Waals surface area (Å²) < 4.78 is 13.1. The average molecular weight is 239 g/mol. The highest BCUT2D eigenvalue weighted by Crippen LogP contribution is 2.37. The molecule has 1 nitrogen and oxygen atoms in total. The van der Waals surface area contributed by atoms with Crippen molar-refractivity contribution >= 4 is 11.8 Å². The molecule has 1 unspecified atom stereocenters. The molecule has 3 heteroatoms. The SMILES string of the molecule is CC1(C)CSC(C)(Cc2cccc(F)c2)N1. The first-order valence-corrected chi connectivity index (χ1v) is 6.55. The van der Waals surface area contributed by atoms with Gasteiger partial charge in [0.15, 0.2) is 0 Å². The number of hydrogen-bond acceptors (Lipinski definition) is 2. The van der Waals surface area contributed by atoms with E-state index in [9.17, 15) is 4.39 Å². The minimum absolute atomic E-state index is 0.0251. The van der Waals surface area contributed by atoms with Gasteiger partial charge < -0.3 is 0 Å². The van der Waals surface area contributed by atoms with Crippen molar-refractivity contribution in [2.45, 2.75) is 37.6 Å². The Kier molecular flexibility index (Phi) is 3.01. The number of hydrogen-bond donors (Lipinski definition) is 1. The van der Waals surface area contributed by atoms with E-state index < -0.39 is 0 Å². The molecule has 0 radical (unpaired) electrons. The zero-order valence-corrected chi connectivity index (χ0v) is 10.8. The molecule has 1 N–H and O–H groups in total. The van der Waals surface area contributed by atoms with Crippen LogP contribution in [0.15, 0.2) is 24.3 Å². The highest BCUT2D eigenvalue weighted by atomic mass is 32.2. The smallest absolute Gasteiger partial charge is 0.123 e. The summed E-state index contributed by atoms with van der Waals surface area (Å²) in [4.78, 5) is 0.0251. The molecule has 1 fully saturated rings. The highest BCUT2D eigenvalue weighted by molar-refractivity contribution is 8.00. The second-order valence-corrected chi connectivity index (χ2v) is 6.81. The zero-order chi connectivity index (χ0) is 11.8. The molecule has 1 atom stereocenters. The van der Waals surface area contributed by atoms with Gasteiger partial charge in [-0.3, -0.25) is 5.32 Å². The van der Waals surface area contributed by atoms with Crippen LogP contribution in [0.25, 0.3) is 0 Å². The minimum Gasteiger partial charge on any atom is -0.297 e. The lowest BCUT2D eigenvalue weighted by Crippen LogP contribution is -2.46. The molecule has 1 aliphatic rings. The van der Waals surface area contributed by atoms with E-state index in [-0.39, 0.29) is 16.2 Å². The van der Waals surface area contributed by atoms with Crippen LogP contribution in [-0.4, -0.2) is 16.2 Å². The third-order valence-corrected chi connectivity index (χ3v) is 4.53. The number of benzene rings is 1. The van der Waals surface area contributed by atoms with Gasteiger partial charge in [-0.1, -0.05) is 12.1 Å². The van der Waals surface area contributed by atoms with Gasteiger partial charge in [0.2, 0.25) is 0 Å². The van der Waals surface area contributed by atoms with E-state index in [1.54, 1.807) is 12.1 Å². The molecule has 1 aromatic rings. The van der Waals surface area contributed by atoms with Crippen molar-refractivity contribution in [3.05, 3.63) is 35.6 Å². The Labute approximate surface area is 101 Å². The monoisotopic (exact) mass is 239 g/mol. The molecular weight excluding hydrogens is 221 g/mol. The molecule has 0 aromatic heterocycles. The van der Waals surface area contributed by atoms with Crippen LogP contribution in [-0.2, 0) is 6.42 Å². The summed E-state index contributed by atoms with van der Waals surface area (Å²) >= 11 is 1.92. The first-order valence-electron chi connectivity index (χ1n) is 5.56. The van der Waals surface area contributed by atoms with Gasteiger partial charge >= 0.3 is 0 Å². The summed E-state index contributed by atoms with van der Waals surface area (Å²) in [5.41, 5.74) is 1.23. The maximum atomic E-state index is 13.1. The Bertz CT molecular complexity index is 391. The van der Waals surface area contributed by atoms with E-state index in [0.29, 0.717) is 0 Å². The lowest BCUT2D eigenvalue weighted by molar-refractivity contribution is 0.379. The van der Waals surface area contributed by atoms with Crippen LogP contribution >= 0.6 is 11.8 Å². The van der Waals surface area contributed by atoms with Crippen LogP contribution in [0.4, 0.5) is 4.39 Å². The first-order chi connectivity index (χ1) is 7.39. The van der Waals surface area contributed by atoms with Gasteiger partial charge in [0.1, 0.15) is 5.82 Å². The van der Waals surface area contributed by atoms with E-state index in [1.165, 1.54) is 6.07 Å². The van der Waals surface area contributed by atoms with Gasteiger partial charge in [0.05, 0.1) is 4.87 Å². The molecule has 1 saturated heterocycles. The van der Waals surface area contributed by atoms with E-state index in [1.807, 2.05) is 17.8 Å². The molecule has 0 saturated carbocycles. The third kappa shape index (κ3) is 2.77. The van der Waals surface area contributed by atoms with Crippen molar-refractivity contribution in [2.24, 2.45) is 0 Å². The summed E-state index contributed by atoms with van der Waals surface area (Å²) in [5.74, 6) is 0.946. The fourth-order valence-corrected chi connectivity index (χ4v) is 3.63. The Morgan fingerprint density at radius 3 is 2.69 bits per heavy atom. The molecule has 1 aliphatic heterocycles. The van der Waals surface area contributed by atoms with Crippen molar-refractivity contribution in [2.75, 3.05) is 5.75 Å². The second-order valence-electron chi connectivity index (χ2n) is 5.34. The first kappa shape index (κ1) is 11.9. The summed E-state index contributed by atoms with van der Waals surface area (Å²) in [6.45, 7) is 6.60. The molecule has 1 heterocycles. The lowest BCUT2D eigenvalue weighted by Gasteiger charge is -2.27. The summed E-state index contributed by atoms with van der Waals surface area (Å²) in [6, 6.07) is 6.88. The lowest BCUT2D eigenvalue weighted by atomic mass is 10.0. The number of rotatable bonds is 2. The Morgan fingerprint density at radius 2 is 2.12 bits per heavy atom. The fourth-order valence-electron chi connectivity index (χ4n) is 2.26. The van der Waals surface area contributed by atoms with Crippen molar-refractivity contribution in [3.63, 3.8) is 0 Å². The van der Waals surface area contributed by atoms with Gasteiger partial charge in [-0.2, -0.15) is 0 Å². The number of thioether (sulfide) groups is 1. The summed E-state index contributed by atoms with van der Waals surface area (Å²) in [5, 5.41) is 3.62. The molecule has 2 rings (SSSR count). The van der Waals surface area contributed by atoms with E-state index in [0.717, 1.165) is 17.7 Å². The van der Waals surface area contributed by atoms with Gasteiger partial charge in [-0.25, -0.2) is 4.39 Å². The quantitative estimate of drug-likeness (QED) is 0.850. The molecule has 0 amide bonds. The van der Waals surface area contributed by atoms with Gasteiger partial charge in [-0.05, 0) is 44.9 Å². The van der Waals surface area contributed by atoms with Crippen LogP contribution in [0, 0.1) is 5.82 Å². The predicted octanol–water partition coefficient (Wildman–Crippen LogP) is 3.20. The molecule has 0 aliphatic carbocycles. The second kappa shape index (κ2) is 4.04. The van der Waals surface area contributed by atoms with Crippen LogP contribution in [0.5, 0.6) is 0 Å². The number of halogens is 1. The van der Waals surface area contributed by atoms with Crippen molar-refractivity contribution < 1.29 is 4.39 Å². The molecule has 1 aromatic carbocycles. The van der Waals surface area contributed by atoms with Crippen LogP contribution in [0.1, 0.15) is 26.3 Å². The maximum absolute atomic E-state index is 13.1. The van der Waals surface area contributed by atoms with Crippen LogP contribution in [0.3, 0.4) is 0 Å². The zero-order valence-electron chi connectivity index (χ0n) is 10.0. The predicted molar refractivity (Wildman–Crippen MR) is 68.2 cm³/mol. The van der Waals surface area contributed by atoms with E-state index >= 15 is 0 Å². The molecule has 16 heavy (non-hydrogen) atoms. The van der Waals surface area contributed by atoms with Gasteiger partial charge in [0.25, 0.3) is 0 Å². The van der Waals surface area contributed by atoms with E-state index in [4.69, 9.17) is 0 Å². The van der Waals surface area contributed by atoms with Crippen molar-refractivity contribution in [1.82, 2.24) is 5.32 Å². The Hall–Kier alpha value is -0.540. The largest absolute Gasteiger partial charge is 0.297 e. The summed E-state index contributed by atoms with van der Waals surface area (Å²) in [7, 11) is 0. The van der Waals surface area contributed by atoms with E-state index in [2.05, 4.69) is 26.1 Å². The van der Waals surface area contributed by atoms with Gasteiger partial charge in [-0.15, -0.1) is 11.8 Å². The fraction of sp³-hybridized carbons (Fsp3) is 0.538. The highest BCUT2D eigenvalue weighted by Gasteiger charge is 2.39. The molecule has 0 bridgehead atoms. The molecule has 0 spiro atoms. The van der Waals surface area contributed by atoms with Crippen LogP contribution in [0.2, 0.25) is 0 Å². The molecular formula is C13H18FNS. The number of nitrogens with one attached hydrogen (secondary N) is 1. The van der Waals surface area contributed by atoms with Crippen LogP contribution < -0.4 is 5.32 Å². The minimum atomic E-state index is -0.150. The molecule has 88 valence electrons. The van der Waals surface area contributed by atoms with Crippen molar-refractivity contribution in [3.8, 4) is 0 Å². The average Bonchev–Trinajstić information content (AvgIpc) is 2.40. The summed E-state index contributed by atoms with van der Waals surface area (Å²) in [6.07, 6.45) is 0.860. The van der Waals surface area contributed by atoms with Gasteiger partial charge in [0, 0.05) is 11.3 Å². The Balaban J connectivity index is 2.10. The Morgan fingerprint density at radius 1 is 1.38 bits per heavy atom.